The minimum absolute atomic E-state index is 0.0827. The normalized spacial score (nSPS) is 28.2. The fourth-order valence-electron chi connectivity index (χ4n) is 2.93. The molecule has 1 aliphatic carbocycles. The van der Waals surface area contributed by atoms with Crippen LogP contribution in [-0.2, 0) is 12.0 Å². The predicted octanol–water partition coefficient (Wildman–Crippen LogP) is 1.87. The summed E-state index contributed by atoms with van der Waals surface area (Å²) in [5, 5.41) is 5.20. The number of likely N-dealkylation sites (N-methyl/N-ethyl adjacent to an activating group) is 1. The second kappa shape index (κ2) is 5.19. The van der Waals surface area contributed by atoms with Gasteiger partial charge in [-0.2, -0.15) is 5.10 Å². The maximum Gasteiger partial charge on any atom is 0.0823 e. The number of halogens is 1. The van der Waals surface area contributed by atoms with Gasteiger partial charge in [0.2, 0.25) is 0 Å². The van der Waals surface area contributed by atoms with E-state index in [9.17, 15) is 0 Å². The zero-order chi connectivity index (χ0) is 13.3. The van der Waals surface area contributed by atoms with Crippen LogP contribution in [-0.4, -0.2) is 41.4 Å². The Morgan fingerprint density at radius 2 is 2.33 bits per heavy atom. The lowest BCUT2D eigenvalue weighted by molar-refractivity contribution is 0.351. The van der Waals surface area contributed by atoms with E-state index in [1.165, 1.54) is 5.69 Å². The second-order valence-corrected chi connectivity index (χ2v) is 6.34. The Kier molecular flexibility index (Phi) is 3.99. The highest BCUT2D eigenvalue weighted by molar-refractivity contribution is 6.31. The molecule has 18 heavy (non-hydrogen) atoms. The topological polar surface area (TPSA) is 47.1 Å². The molecule has 0 bridgehead atoms. The molecule has 2 unspecified atom stereocenters. The summed E-state index contributed by atoms with van der Waals surface area (Å²) in [4.78, 5) is 2.15. The van der Waals surface area contributed by atoms with Gasteiger partial charge in [-0.25, -0.2) is 0 Å². The Bertz CT molecular complexity index is 415. The van der Waals surface area contributed by atoms with E-state index in [0.717, 1.165) is 37.4 Å². The summed E-state index contributed by atoms with van der Waals surface area (Å²) in [6.07, 6.45) is 4.94. The van der Waals surface area contributed by atoms with Crippen LogP contribution in [0.15, 0.2) is 6.20 Å². The summed E-state index contributed by atoms with van der Waals surface area (Å²) >= 11 is 6.34. The summed E-state index contributed by atoms with van der Waals surface area (Å²) < 4.78 is 2.06. The van der Waals surface area contributed by atoms with Crippen molar-refractivity contribution < 1.29 is 0 Å². The van der Waals surface area contributed by atoms with Gasteiger partial charge in [0.1, 0.15) is 0 Å². The summed E-state index contributed by atoms with van der Waals surface area (Å²) in [7, 11) is 4.13. The third kappa shape index (κ3) is 2.71. The van der Waals surface area contributed by atoms with Gasteiger partial charge in [-0.15, -0.1) is 0 Å². The minimum atomic E-state index is 0.0827. The molecule has 0 saturated heterocycles. The SMILES string of the molecule is CN(C)CCn1ncc(Cl)c1C1(C)CCC(N)C1. The van der Waals surface area contributed by atoms with Gasteiger partial charge < -0.3 is 10.6 Å². The quantitative estimate of drug-likeness (QED) is 0.909. The molecule has 0 radical (unpaired) electrons. The van der Waals surface area contributed by atoms with Crippen LogP contribution in [0.1, 0.15) is 31.9 Å². The molecule has 0 aromatic carbocycles. The van der Waals surface area contributed by atoms with Gasteiger partial charge in [-0.3, -0.25) is 4.68 Å². The largest absolute Gasteiger partial charge is 0.328 e. The van der Waals surface area contributed by atoms with E-state index in [2.05, 4.69) is 35.7 Å². The van der Waals surface area contributed by atoms with E-state index in [1.54, 1.807) is 6.20 Å². The highest BCUT2D eigenvalue weighted by Gasteiger charge is 2.39. The van der Waals surface area contributed by atoms with E-state index < -0.39 is 0 Å². The molecule has 2 atom stereocenters. The van der Waals surface area contributed by atoms with Crippen molar-refractivity contribution in [3.8, 4) is 0 Å². The first-order valence-electron chi connectivity index (χ1n) is 6.54. The molecule has 1 aromatic rings. The van der Waals surface area contributed by atoms with Crippen molar-refractivity contribution in [2.24, 2.45) is 5.73 Å². The Balaban J connectivity index is 2.23. The van der Waals surface area contributed by atoms with Crippen molar-refractivity contribution in [2.45, 2.75) is 44.2 Å². The fourth-order valence-corrected chi connectivity index (χ4v) is 3.30. The maximum atomic E-state index is 6.34. The lowest BCUT2D eigenvalue weighted by atomic mass is 9.84. The number of nitrogens with zero attached hydrogens (tertiary/aromatic N) is 3. The lowest BCUT2D eigenvalue weighted by Crippen LogP contribution is -2.28. The molecule has 1 aromatic heterocycles. The molecule has 4 nitrogen and oxygen atoms in total. The second-order valence-electron chi connectivity index (χ2n) is 5.93. The zero-order valence-electron chi connectivity index (χ0n) is 11.5. The Morgan fingerprint density at radius 1 is 1.61 bits per heavy atom. The molecule has 1 heterocycles. The van der Waals surface area contributed by atoms with Crippen LogP contribution in [0.25, 0.3) is 0 Å². The van der Waals surface area contributed by atoms with Gasteiger partial charge in [0.25, 0.3) is 0 Å². The molecule has 0 spiro atoms. The first kappa shape index (κ1) is 13.8. The van der Waals surface area contributed by atoms with E-state index >= 15 is 0 Å². The van der Waals surface area contributed by atoms with Crippen molar-refractivity contribution in [3.63, 3.8) is 0 Å². The molecule has 1 saturated carbocycles. The number of aromatic nitrogens is 2. The summed E-state index contributed by atoms with van der Waals surface area (Å²) in [6.45, 7) is 4.10. The van der Waals surface area contributed by atoms with Crippen LogP contribution in [0.3, 0.4) is 0 Å². The highest BCUT2D eigenvalue weighted by Crippen LogP contribution is 2.42. The number of hydrogen-bond acceptors (Lipinski definition) is 3. The summed E-state index contributed by atoms with van der Waals surface area (Å²) in [6, 6.07) is 0.295. The fraction of sp³-hybridized carbons (Fsp3) is 0.769. The van der Waals surface area contributed by atoms with E-state index in [1.807, 2.05) is 0 Å². The third-order valence-electron chi connectivity index (χ3n) is 3.91. The van der Waals surface area contributed by atoms with E-state index in [4.69, 9.17) is 17.3 Å². The van der Waals surface area contributed by atoms with Crippen molar-refractivity contribution in [3.05, 3.63) is 16.9 Å². The van der Waals surface area contributed by atoms with Crippen LogP contribution < -0.4 is 5.73 Å². The Hall–Kier alpha value is -0.580. The van der Waals surface area contributed by atoms with Crippen LogP contribution in [0.5, 0.6) is 0 Å². The highest BCUT2D eigenvalue weighted by atomic mass is 35.5. The van der Waals surface area contributed by atoms with Crippen molar-refractivity contribution in [1.29, 1.82) is 0 Å². The Morgan fingerprint density at radius 3 is 2.89 bits per heavy atom. The van der Waals surface area contributed by atoms with Gasteiger partial charge >= 0.3 is 0 Å². The molecule has 0 amide bonds. The van der Waals surface area contributed by atoms with E-state index in [0.29, 0.717) is 6.04 Å². The van der Waals surface area contributed by atoms with Gasteiger partial charge in [0, 0.05) is 18.0 Å². The number of rotatable bonds is 4. The average molecular weight is 271 g/mol. The van der Waals surface area contributed by atoms with Crippen molar-refractivity contribution >= 4 is 11.6 Å². The number of nitrogens with two attached hydrogens (primary N) is 1. The first-order valence-corrected chi connectivity index (χ1v) is 6.92. The van der Waals surface area contributed by atoms with Gasteiger partial charge in [-0.05, 0) is 33.4 Å². The van der Waals surface area contributed by atoms with Crippen LogP contribution >= 0.6 is 11.6 Å². The van der Waals surface area contributed by atoms with Crippen LogP contribution in [0.4, 0.5) is 0 Å². The van der Waals surface area contributed by atoms with Gasteiger partial charge in [0.05, 0.1) is 23.5 Å². The molecule has 1 aliphatic rings. The molecule has 2 N–H and O–H groups in total. The smallest absolute Gasteiger partial charge is 0.0823 e. The monoisotopic (exact) mass is 270 g/mol. The standard InChI is InChI=1S/C13H23ClN4/c1-13(5-4-10(15)8-13)12-11(14)9-16-18(12)7-6-17(2)3/h9-10H,4-8,15H2,1-3H3. The molecule has 102 valence electrons. The molecule has 1 fully saturated rings. The maximum absolute atomic E-state index is 6.34. The molecular weight excluding hydrogens is 248 g/mol. The molecular formula is C13H23ClN4. The Labute approximate surface area is 114 Å². The van der Waals surface area contributed by atoms with Crippen molar-refractivity contribution in [1.82, 2.24) is 14.7 Å². The van der Waals surface area contributed by atoms with Crippen molar-refractivity contribution in [2.75, 3.05) is 20.6 Å². The molecule has 5 heteroatoms. The third-order valence-corrected chi connectivity index (χ3v) is 4.18. The lowest BCUT2D eigenvalue weighted by Gasteiger charge is -2.26. The molecule has 0 aliphatic heterocycles. The van der Waals surface area contributed by atoms with E-state index in [-0.39, 0.29) is 5.41 Å². The zero-order valence-corrected chi connectivity index (χ0v) is 12.2. The number of hydrogen-bond donors (Lipinski definition) is 1. The predicted molar refractivity (Wildman–Crippen MR) is 75.0 cm³/mol. The van der Waals surface area contributed by atoms with Gasteiger partial charge in [0.15, 0.2) is 0 Å². The van der Waals surface area contributed by atoms with Crippen LogP contribution in [0.2, 0.25) is 5.02 Å². The summed E-state index contributed by atoms with van der Waals surface area (Å²) in [5.41, 5.74) is 7.31. The summed E-state index contributed by atoms with van der Waals surface area (Å²) in [5.74, 6) is 0. The van der Waals surface area contributed by atoms with Gasteiger partial charge in [-0.1, -0.05) is 18.5 Å². The average Bonchev–Trinajstić information content (AvgIpc) is 2.80. The minimum Gasteiger partial charge on any atom is -0.328 e. The molecule has 2 rings (SSSR count). The van der Waals surface area contributed by atoms with Crippen LogP contribution in [0, 0.1) is 0 Å². The first-order chi connectivity index (χ1) is 8.42.